The van der Waals surface area contributed by atoms with Crippen molar-refractivity contribution in [3.8, 4) is 0 Å². The fourth-order valence-electron chi connectivity index (χ4n) is 1.10. The predicted molar refractivity (Wildman–Crippen MR) is 91.1 cm³/mol. The summed E-state index contributed by atoms with van der Waals surface area (Å²) in [5, 5.41) is 0. The molecule has 0 saturated carbocycles. The van der Waals surface area contributed by atoms with Gasteiger partial charge in [0.2, 0.25) is 0 Å². The Bertz CT molecular complexity index is 318. The van der Waals surface area contributed by atoms with Gasteiger partial charge in [-0.2, -0.15) is 0 Å². The van der Waals surface area contributed by atoms with Gasteiger partial charge in [0.1, 0.15) is 0 Å². The van der Waals surface area contributed by atoms with Crippen LogP contribution < -0.4 is 0 Å². The fourth-order valence-corrected chi connectivity index (χ4v) is 2.36. The summed E-state index contributed by atoms with van der Waals surface area (Å²) < 4.78 is 17.2. The molecule has 120 valence electrons. The van der Waals surface area contributed by atoms with E-state index in [0.717, 1.165) is 0 Å². The van der Waals surface area contributed by atoms with Crippen LogP contribution in [0.25, 0.3) is 0 Å². The minimum atomic E-state index is -2.97. The highest BCUT2D eigenvalue weighted by molar-refractivity contribution is 6.66. The van der Waals surface area contributed by atoms with Crippen molar-refractivity contribution in [3.05, 3.63) is 49.3 Å². The van der Waals surface area contributed by atoms with Crippen LogP contribution in [0.1, 0.15) is 41.5 Å². The van der Waals surface area contributed by atoms with E-state index in [9.17, 15) is 0 Å². The van der Waals surface area contributed by atoms with E-state index in [1.807, 2.05) is 18.2 Å². The van der Waals surface area contributed by atoms with Crippen LogP contribution in [0, 0.1) is 17.8 Å². The number of hydrogen-bond acceptors (Lipinski definition) is 3. The molecule has 0 bridgehead atoms. The Morgan fingerprint density at radius 1 is 0.667 bits per heavy atom. The molecule has 0 aromatic heterocycles. The largest absolute Gasteiger partial charge is 0.727 e. The van der Waals surface area contributed by atoms with Crippen molar-refractivity contribution in [1.82, 2.24) is 0 Å². The van der Waals surface area contributed by atoms with Crippen molar-refractivity contribution < 1.29 is 13.3 Å². The van der Waals surface area contributed by atoms with E-state index in [0.29, 0.717) is 17.8 Å². The zero-order valence-corrected chi connectivity index (χ0v) is 15.2. The minimum absolute atomic E-state index is 0.402. The van der Waals surface area contributed by atoms with Crippen molar-refractivity contribution in [2.45, 2.75) is 41.5 Å². The van der Waals surface area contributed by atoms with E-state index in [1.54, 1.807) is 24.5 Å². The maximum Gasteiger partial charge on any atom is 0.727 e. The number of allylic oxidation sites excluding steroid dienone is 3. The number of rotatable bonds is 10. The van der Waals surface area contributed by atoms with Crippen LogP contribution >= 0.6 is 0 Å². The quantitative estimate of drug-likeness (QED) is 0.409. The van der Waals surface area contributed by atoms with Crippen LogP contribution in [0.15, 0.2) is 49.3 Å². The van der Waals surface area contributed by atoms with Gasteiger partial charge in [-0.1, -0.05) is 48.1 Å². The predicted octanol–water partition coefficient (Wildman–Crippen LogP) is 5.21. The number of hydrogen-bond donors (Lipinski definition) is 0. The standard InChI is InChI=1S/C17H30O3Si/c1-8-21(18-12-9-15(2)3,19-13-10-16(4)5)20-14-11-17(6)7/h8-17H,1H2,2-7H3. The lowest BCUT2D eigenvalue weighted by Gasteiger charge is -2.22. The van der Waals surface area contributed by atoms with Crippen LogP contribution in [0.2, 0.25) is 0 Å². The first-order valence-electron chi connectivity index (χ1n) is 7.48. The maximum atomic E-state index is 5.75. The van der Waals surface area contributed by atoms with E-state index in [-0.39, 0.29) is 0 Å². The van der Waals surface area contributed by atoms with Gasteiger partial charge in [0.25, 0.3) is 0 Å². The molecule has 0 atom stereocenters. The molecule has 0 fully saturated rings. The average molecular weight is 311 g/mol. The fraction of sp³-hybridized carbons (Fsp3) is 0.529. The second-order valence-corrected chi connectivity index (χ2v) is 8.20. The van der Waals surface area contributed by atoms with Gasteiger partial charge in [0, 0.05) is 5.70 Å². The van der Waals surface area contributed by atoms with Crippen LogP contribution in [-0.2, 0) is 13.3 Å². The highest BCUT2D eigenvalue weighted by Crippen LogP contribution is 2.15. The molecule has 0 saturated heterocycles. The van der Waals surface area contributed by atoms with Gasteiger partial charge in [-0.05, 0) is 36.0 Å². The lowest BCUT2D eigenvalue weighted by molar-refractivity contribution is 0.195. The van der Waals surface area contributed by atoms with Gasteiger partial charge < -0.3 is 13.3 Å². The smallest absolute Gasteiger partial charge is 0.487 e. The second-order valence-electron chi connectivity index (χ2n) is 5.88. The molecular weight excluding hydrogens is 280 g/mol. The van der Waals surface area contributed by atoms with Gasteiger partial charge in [0.05, 0.1) is 18.8 Å². The Morgan fingerprint density at radius 3 is 1.14 bits per heavy atom. The van der Waals surface area contributed by atoms with Crippen LogP contribution in [0.4, 0.5) is 0 Å². The second kappa shape index (κ2) is 10.3. The summed E-state index contributed by atoms with van der Waals surface area (Å²) in [5.41, 5.74) is 1.63. The molecule has 21 heavy (non-hydrogen) atoms. The molecule has 0 radical (unpaired) electrons. The van der Waals surface area contributed by atoms with Gasteiger partial charge in [-0.25, -0.2) is 0 Å². The molecule has 4 heteroatoms. The molecular formula is C17H30O3Si. The van der Waals surface area contributed by atoms with E-state index >= 15 is 0 Å². The zero-order valence-electron chi connectivity index (χ0n) is 14.2. The Hall–Kier alpha value is -1.42. The van der Waals surface area contributed by atoms with Gasteiger partial charge in [-0.3, -0.25) is 0 Å². The lowest BCUT2D eigenvalue weighted by Crippen LogP contribution is -2.39. The molecule has 0 aliphatic rings. The first-order valence-corrected chi connectivity index (χ1v) is 9.28. The molecule has 0 amide bonds. The van der Waals surface area contributed by atoms with Gasteiger partial charge in [0.15, 0.2) is 0 Å². The monoisotopic (exact) mass is 310 g/mol. The Morgan fingerprint density at radius 2 is 0.952 bits per heavy atom. The van der Waals surface area contributed by atoms with E-state index in [4.69, 9.17) is 13.3 Å². The zero-order chi connectivity index (χ0) is 16.3. The molecule has 3 nitrogen and oxygen atoms in total. The summed E-state index contributed by atoms with van der Waals surface area (Å²) in [4.78, 5) is 0. The molecule has 0 heterocycles. The molecule has 0 aromatic carbocycles. The normalized spacial score (nSPS) is 15.5. The molecule has 0 N–H and O–H groups in total. The van der Waals surface area contributed by atoms with Crippen molar-refractivity contribution in [1.29, 1.82) is 0 Å². The molecule has 0 unspecified atom stereocenters. The summed E-state index contributed by atoms with van der Waals surface area (Å²) in [6.45, 7) is 16.3. The third kappa shape index (κ3) is 10.0. The topological polar surface area (TPSA) is 27.7 Å². The Labute approximate surface area is 131 Å². The molecule has 0 rings (SSSR count). The molecule has 0 aromatic rings. The minimum Gasteiger partial charge on any atom is -0.487 e. The summed E-state index contributed by atoms with van der Waals surface area (Å²) in [7, 11) is -2.97. The highest BCUT2D eigenvalue weighted by Gasteiger charge is 2.42. The van der Waals surface area contributed by atoms with Crippen molar-refractivity contribution in [2.24, 2.45) is 17.8 Å². The van der Waals surface area contributed by atoms with Gasteiger partial charge >= 0.3 is 8.80 Å². The van der Waals surface area contributed by atoms with Crippen molar-refractivity contribution in [2.75, 3.05) is 0 Å². The van der Waals surface area contributed by atoms with E-state index in [2.05, 4.69) is 48.1 Å². The van der Waals surface area contributed by atoms with Gasteiger partial charge in [-0.15, -0.1) is 0 Å². The first kappa shape index (κ1) is 19.6. The first-order chi connectivity index (χ1) is 9.81. The maximum absolute atomic E-state index is 5.75. The van der Waals surface area contributed by atoms with Crippen molar-refractivity contribution in [3.63, 3.8) is 0 Å². The molecule has 0 spiro atoms. The third-order valence-electron chi connectivity index (χ3n) is 2.34. The summed E-state index contributed by atoms with van der Waals surface area (Å²) in [5.74, 6) is 1.21. The Kier molecular flexibility index (Phi) is 9.63. The van der Waals surface area contributed by atoms with Crippen LogP contribution in [-0.4, -0.2) is 8.80 Å². The van der Waals surface area contributed by atoms with E-state index in [1.165, 1.54) is 0 Å². The van der Waals surface area contributed by atoms with Crippen LogP contribution in [0.5, 0.6) is 0 Å². The average Bonchev–Trinajstić information content (AvgIpc) is 2.36. The summed E-state index contributed by atoms with van der Waals surface area (Å²) >= 11 is 0. The summed E-state index contributed by atoms with van der Waals surface area (Å²) in [6, 6.07) is 0. The Balaban J connectivity index is 4.94. The highest BCUT2D eigenvalue weighted by atomic mass is 28.4. The lowest BCUT2D eigenvalue weighted by atomic mass is 10.2. The molecule has 0 aliphatic heterocycles. The molecule has 0 aliphatic carbocycles. The SMILES string of the molecule is C=C[Si](OC=CC(C)C)(OC=CC(C)C)OC=CC(C)C. The van der Waals surface area contributed by atoms with Crippen molar-refractivity contribution >= 4 is 8.80 Å². The third-order valence-corrected chi connectivity index (χ3v) is 4.23. The van der Waals surface area contributed by atoms with Crippen LogP contribution in [0.3, 0.4) is 0 Å². The van der Waals surface area contributed by atoms with E-state index < -0.39 is 8.80 Å². The summed E-state index contributed by atoms with van der Waals surface area (Å²) in [6.07, 6.45) is 10.8.